The van der Waals surface area contributed by atoms with Gasteiger partial charge in [0.2, 0.25) is 0 Å². The fourth-order valence-corrected chi connectivity index (χ4v) is 2.23. The second kappa shape index (κ2) is 9.21. The van der Waals surface area contributed by atoms with E-state index in [1.807, 2.05) is 26.0 Å². The summed E-state index contributed by atoms with van der Waals surface area (Å²) in [7, 11) is 3.28. The van der Waals surface area contributed by atoms with E-state index in [1.54, 1.807) is 14.2 Å². The Hall–Kier alpha value is -0.780. The highest BCUT2D eigenvalue weighted by Crippen LogP contribution is 2.33. The van der Waals surface area contributed by atoms with Gasteiger partial charge in [-0.2, -0.15) is 0 Å². The van der Waals surface area contributed by atoms with Gasteiger partial charge in [0, 0.05) is 17.6 Å². The van der Waals surface area contributed by atoms with Crippen molar-refractivity contribution < 1.29 is 14.2 Å². The van der Waals surface area contributed by atoms with Crippen molar-refractivity contribution in [3.05, 3.63) is 22.2 Å². The number of halogens is 1. The molecule has 0 bridgehead atoms. The molecule has 0 aliphatic rings. The lowest BCUT2D eigenvalue weighted by atomic mass is 10.2. The van der Waals surface area contributed by atoms with Gasteiger partial charge in [-0.05, 0) is 44.5 Å². The molecule has 20 heavy (non-hydrogen) atoms. The van der Waals surface area contributed by atoms with Crippen molar-refractivity contribution in [1.29, 1.82) is 0 Å². The lowest BCUT2D eigenvalue weighted by molar-refractivity contribution is 0.0770. The Bertz CT molecular complexity index is 410. The monoisotopic (exact) mass is 345 g/mol. The van der Waals surface area contributed by atoms with Crippen LogP contribution in [-0.4, -0.2) is 33.5 Å². The van der Waals surface area contributed by atoms with E-state index >= 15 is 0 Å². The molecular formula is C15H24BrNO3. The summed E-state index contributed by atoms with van der Waals surface area (Å²) in [5, 5.41) is 3.40. The van der Waals surface area contributed by atoms with Crippen LogP contribution in [0.4, 0.5) is 0 Å². The smallest absolute Gasteiger partial charge is 0.161 e. The molecule has 0 aromatic heterocycles. The molecule has 1 aromatic carbocycles. The summed E-state index contributed by atoms with van der Waals surface area (Å²) in [4.78, 5) is 0. The second-order valence-electron chi connectivity index (χ2n) is 4.75. The largest absolute Gasteiger partial charge is 0.493 e. The fourth-order valence-electron chi connectivity index (χ4n) is 1.77. The fraction of sp³-hybridized carbons (Fsp3) is 0.600. The molecule has 0 fully saturated rings. The van der Waals surface area contributed by atoms with Gasteiger partial charge in [0.25, 0.3) is 0 Å². The van der Waals surface area contributed by atoms with E-state index in [1.165, 1.54) is 0 Å². The Morgan fingerprint density at radius 2 is 1.80 bits per heavy atom. The molecule has 0 aliphatic heterocycles. The molecule has 0 saturated carbocycles. The minimum Gasteiger partial charge on any atom is -0.493 e. The highest BCUT2D eigenvalue weighted by Gasteiger charge is 2.09. The van der Waals surface area contributed by atoms with Crippen LogP contribution in [0.5, 0.6) is 11.5 Å². The Kier molecular flexibility index (Phi) is 7.95. The van der Waals surface area contributed by atoms with Crippen molar-refractivity contribution in [3.63, 3.8) is 0 Å². The molecule has 1 rings (SSSR count). The summed E-state index contributed by atoms with van der Waals surface area (Å²) < 4.78 is 17.1. The molecule has 4 nitrogen and oxygen atoms in total. The molecule has 0 aliphatic carbocycles. The minimum atomic E-state index is 0.301. The number of hydrogen-bond acceptors (Lipinski definition) is 4. The third-order valence-electron chi connectivity index (χ3n) is 2.82. The van der Waals surface area contributed by atoms with E-state index in [0.29, 0.717) is 6.10 Å². The predicted octanol–water partition coefficient (Wildman–Crippen LogP) is 3.37. The van der Waals surface area contributed by atoms with E-state index in [0.717, 1.165) is 47.7 Å². The third-order valence-corrected chi connectivity index (χ3v) is 3.56. The molecule has 0 spiro atoms. The van der Waals surface area contributed by atoms with Crippen molar-refractivity contribution in [2.75, 3.05) is 27.4 Å². The summed E-state index contributed by atoms with van der Waals surface area (Å²) in [6.45, 7) is 6.59. The zero-order valence-electron chi connectivity index (χ0n) is 12.7. The van der Waals surface area contributed by atoms with Gasteiger partial charge in [-0.3, -0.25) is 0 Å². The average Bonchev–Trinajstić information content (AvgIpc) is 2.43. The lowest BCUT2D eigenvalue weighted by Crippen LogP contribution is -2.17. The molecule has 0 atom stereocenters. The van der Waals surface area contributed by atoms with Crippen LogP contribution in [0.15, 0.2) is 16.6 Å². The maximum Gasteiger partial charge on any atom is 0.161 e. The van der Waals surface area contributed by atoms with E-state index in [9.17, 15) is 0 Å². The maximum absolute atomic E-state index is 5.50. The first-order chi connectivity index (χ1) is 9.58. The van der Waals surface area contributed by atoms with Crippen LogP contribution in [0.3, 0.4) is 0 Å². The zero-order chi connectivity index (χ0) is 15.0. The quantitative estimate of drug-likeness (QED) is 0.696. The van der Waals surface area contributed by atoms with Crippen LogP contribution >= 0.6 is 15.9 Å². The van der Waals surface area contributed by atoms with Crippen LogP contribution in [0.2, 0.25) is 0 Å². The summed E-state index contributed by atoms with van der Waals surface area (Å²) in [5.41, 5.74) is 1.15. The molecule has 0 amide bonds. The summed E-state index contributed by atoms with van der Waals surface area (Å²) >= 11 is 3.55. The van der Waals surface area contributed by atoms with E-state index in [2.05, 4.69) is 21.2 Å². The van der Waals surface area contributed by atoms with E-state index in [-0.39, 0.29) is 0 Å². The van der Waals surface area contributed by atoms with Crippen molar-refractivity contribution in [3.8, 4) is 11.5 Å². The first-order valence-corrected chi connectivity index (χ1v) is 7.60. The summed E-state index contributed by atoms with van der Waals surface area (Å²) in [5.74, 6) is 1.48. The Morgan fingerprint density at radius 1 is 1.15 bits per heavy atom. The van der Waals surface area contributed by atoms with Crippen molar-refractivity contribution in [1.82, 2.24) is 5.32 Å². The number of ether oxygens (including phenoxy) is 3. The number of hydrogen-bond donors (Lipinski definition) is 1. The number of methoxy groups -OCH3 is 2. The topological polar surface area (TPSA) is 39.7 Å². The normalized spacial score (nSPS) is 10.9. The highest BCUT2D eigenvalue weighted by atomic mass is 79.9. The first kappa shape index (κ1) is 17.3. The van der Waals surface area contributed by atoms with E-state index < -0.39 is 0 Å². The molecule has 5 heteroatoms. The van der Waals surface area contributed by atoms with Crippen molar-refractivity contribution >= 4 is 15.9 Å². The number of nitrogens with one attached hydrogen (secondary N) is 1. The predicted molar refractivity (Wildman–Crippen MR) is 84.7 cm³/mol. The lowest BCUT2D eigenvalue weighted by Gasteiger charge is -2.13. The number of benzene rings is 1. The van der Waals surface area contributed by atoms with Crippen LogP contribution in [0, 0.1) is 0 Å². The van der Waals surface area contributed by atoms with Crippen LogP contribution in [0.25, 0.3) is 0 Å². The maximum atomic E-state index is 5.50. The molecule has 1 N–H and O–H groups in total. The Balaban J connectivity index is 2.43. The SMILES string of the molecule is COc1cc(Br)c(CNCCCOC(C)C)cc1OC. The summed E-state index contributed by atoms with van der Waals surface area (Å²) in [6, 6.07) is 3.91. The third kappa shape index (κ3) is 5.69. The zero-order valence-corrected chi connectivity index (χ0v) is 14.2. The molecule has 0 saturated heterocycles. The van der Waals surface area contributed by atoms with Gasteiger partial charge in [0.15, 0.2) is 11.5 Å². The average molecular weight is 346 g/mol. The molecule has 1 aromatic rings. The Morgan fingerprint density at radius 3 is 2.40 bits per heavy atom. The Labute approximate surface area is 129 Å². The van der Waals surface area contributed by atoms with Gasteiger partial charge in [-0.25, -0.2) is 0 Å². The minimum absolute atomic E-state index is 0.301. The van der Waals surface area contributed by atoms with Crippen molar-refractivity contribution in [2.45, 2.75) is 32.9 Å². The molecule has 0 radical (unpaired) electrons. The van der Waals surface area contributed by atoms with Crippen LogP contribution in [0.1, 0.15) is 25.8 Å². The van der Waals surface area contributed by atoms with Gasteiger partial charge < -0.3 is 19.5 Å². The van der Waals surface area contributed by atoms with Gasteiger partial charge in [-0.15, -0.1) is 0 Å². The molecule has 0 unspecified atom stereocenters. The number of rotatable bonds is 9. The molecular weight excluding hydrogens is 322 g/mol. The van der Waals surface area contributed by atoms with Crippen LogP contribution in [-0.2, 0) is 11.3 Å². The first-order valence-electron chi connectivity index (χ1n) is 6.81. The van der Waals surface area contributed by atoms with E-state index in [4.69, 9.17) is 14.2 Å². The highest BCUT2D eigenvalue weighted by molar-refractivity contribution is 9.10. The molecule has 114 valence electrons. The van der Waals surface area contributed by atoms with Gasteiger partial charge >= 0.3 is 0 Å². The van der Waals surface area contributed by atoms with Crippen molar-refractivity contribution in [2.24, 2.45) is 0 Å². The van der Waals surface area contributed by atoms with Gasteiger partial charge in [0.1, 0.15) is 0 Å². The van der Waals surface area contributed by atoms with Crippen LogP contribution < -0.4 is 14.8 Å². The summed E-state index contributed by atoms with van der Waals surface area (Å²) in [6.07, 6.45) is 1.30. The molecule has 0 heterocycles. The van der Waals surface area contributed by atoms with Gasteiger partial charge in [0.05, 0.1) is 20.3 Å². The second-order valence-corrected chi connectivity index (χ2v) is 5.60. The van der Waals surface area contributed by atoms with Gasteiger partial charge in [-0.1, -0.05) is 15.9 Å². The standard InChI is InChI=1S/C15H24BrNO3/c1-11(2)20-7-5-6-17-10-12-8-14(18-3)15(19-4)9-13(12)16/h8-9,11,17H,5-7,10H2,1-4H3.